The lowest BCUT2D eigenvalue weighted by atomic mass is 9.78. The van der Waals surface area contributed by atoms with Crippen molar-refractivity contribution in [1.82, 2.24) is 10.6 Å². The van der Waals surface area contributed by atoms with E-state index in [1.54, 1.807) is 0 Å². The summed E-state index contributed by atoms with van der Waals surface area (Å²) in [5.74, 6) is 1.15. The first-order valence-corrected chi connectivity index (χ1v) is 8.39. The fourth-order valence-corrected chi connectivity index (χ4v) is 3.71. The SMILES string of the molecule is O=C(NCC1CCCN1)C1CCC(c2ccccc2)CC1. The maximum Gasteiger partial charge on any atom is 0.223 e. The van der Waals surface area contributed by atoms with Crippen molar-refractivity contribution in [2.24, 2.45) is 5.92 Å². The molecule has 114 valence electrons. The molecule has 0 spiro atoms. The predicted octanol–water partition coefficient (Wildman–Crippen LogP) is 2.83. The number of benzene rings is 1. The van der Waals surface area contributed by atoms with Crippen molar-refractivity contribution in [3.8, 4) is 0 Å². The molecule has 1 aliphatic heterocycles. The Morgan fingerprint density at radius 2 is 1.86 bits per heavy atom. The highest BCUT2D eigenvalue weighted by atomic mass is 16.1. The second-order valence-electron chi connectivity index (χ2n) is 6.50. The van der Waals surface area contributed by atoms with Gasteiger partial charge < -0.3 is 10.6 Å². The second kappa shape index (κ2) is 7.08. The van der Waals surface area contributed by atoms with Gasteiger partial charge in [-0.15, -0.1) is 0 Å². The van der Waals surface area contributed by atoms with Gasteiger partial charge in [0.2, 0.25) is 5.91 Å². The highest BCUT2D eigenvalue weighted by Gasteiger charge is 2.27. The van der Waals surface area contributed by atoms with E-state index in [2.05, 4.69) is 41.0 Å². The van der Waals surface area contributed by atoms with Gasteiger partial charge in [-0.25, -0.2) is 0 Å². The Balaban J connectivity index is 1.43. The van der Waals surface area contributed by atoms with Crippen LogP contribution in [-0.2, 0) is 4.79 Å². The van der Waals surface area contributed by atoms with Crippen LogP contribution in [0.4, 0.5) is 0 Å². The molecule has 1 aromatic carbocycles. The van der Waals surface area contributed by atoms with Crippen LogP contribution in [0.1, 0.15) is 50.0 Å². The largest absolute Gasteiger partial charge is 0.354 e. The number of carbonyl (C=O) groups excluding carboxylic acids is 1. The molecule has 2 fully saturated rings. The Labute approximate surface area is 127 Å². The van der Waals surface area contributed by atoms with Crippen LogP contribution in [0.25, 0.3) is 0 Å². The average molecular weight is 286 g/mol. The van der Waals surface area contributed by atoms with Gasteiger partial charge in [-0.05, 0) is 56.6 Å². The first-order valence-electron chi connectivity index (χ1n) is 8.39. The molecule has 3 rings (SSSR count). The Hall–Kier alpha value is -1.35. The van der Waals surface area contributed by atoms with Crippen molar-refractivity contribution < 1.29 is 4.79 Å². The molecule has 1 saturated heterocycles. The van der Waals surface area contributed by atoms with Crippen LogP contribution >= 0.6 is 0 Å². The molecule has 0 radical (unpaired) electrons. The van der Waals surface area contributed by atoms with Gasteiger partial charge >= 0.3 is 0 Å². The molecule has 3 heteroatoms. The molecule has 2 aliphatic rings. The Morgan fingerprint density at radius 3 is 2.52 bits per heavy atom. The summed E-state index contributed by atoms with van der Waals surface area (Å²) >= 11 is 0. The van der Waals surface area contributed by atoms with Crippen molar-refractivity contribution >= 4 is 5.91 Å². The van der Waals surface area contributed by atoms with E-state index in [4.69, 9.17) is 0 Å². The lowest BCUT2D eigenvalue weighted by Gasteiger charge is -2.28. The molecule has 3 nitrogen and oxygen atoms in total. The minimum atomic E-state index is 0.228. The third-order valence-corrected chi connectivity index (χ3v) is 5.05. The third-order valence-electron chi connectivity index (χ3n) is 5.05. The zero-order valence-corrected chi connectivity index (χ0v) is 12.7. The summed E-state index contributed by atoms with van der Waals surface area (Å²) in [5.41, 5.74) is 1.44. The lowest BCUT2D eigenvalue weighted by Crippen LogP contribution is -2.40. The fraction of sp³-hybridized carbons (Fsp3) is 0.611. The standard InChI is InChI=1S/C18H26N2O/c21-18(20-13-17-7-4-12-19-17)16-10-8-15(9-11-16)14-5-2-1-3-6-14/h1-3,5-6,15-17,19H,4,7-13H2,(H,20,21). The van der Waals surface area contributed by atoms with Crippen LogP contribution in [0.2, 0.25) is 0 Å². The number of nitrogens with one attached hydrogen (secondary N) is 2. The lowest BCUT2D eigenvalue weighted by molar-refractivity contribution is -0.126. The first kappa shape index (κ1) is 14.6. The summed E-state index contributed by atoms with van der Waals surface area (Å²) in [4.78, 5) is 12.3. The summed E-state index contributed by atoms with van der Waals surface area (Å²) < 4.78 is 0. The van der Waals surface area contributed by atoms with Gasteiger partial charge in [0.25, 0.3) is 0 Å². The van der Waals surface area contributed by atoms with Gasteiger partial charge in [-0.2, -0.15) is 0 Å². The van der Waals surface area contributed by atoms with Crippen LogP contribution in [0.3, 0.4) is 0 Å². The van der Waals surface area contributed by atoms with Gasteiger partial charge in [0.05, 0.1) is 0 Å². The molecule has 0 bridgehead atoms. The average Bonchev–Trinajstić information content (AvgIpc) is 3.07. The van der Waals surface area contributed by atoms with E-state index in [0.29, 0.717) is 12.0 Å². The van der Waals surface area contributed by atoms with Gasteiger partial charge in [0.15, 0.2) is 0 Å². The maximum atomic E-state index is 12.3. The molecule has 1 aliphatic carbocycles. The van der Waals surface area contributed by atoms with Crippen LogP contribution < -0.4 is 10.6 Å². The highest BCUT2D eigenvalue weighted by molar-refractivity contribution is 5.78. The normalized spacial score (nSPS) is 29.2. The van der Waals surface area contributed by atoms with Crippen molar-refractivity contribution in [2.75, 3.05) is 13.1 Å². The van der Waals surface area contributed by atoms with E-state index < -0.39 is 0 Å². The minimum Gasteiger partial charge on any atom is -0.354 e. The van der Waals surface area contributed by atoms with Crippen molar-refractivity contribution in [3.05, 3.63) is 35.9 Å². The third kappa shape index (κ3) is 3.85. The zero-order chi connectivity index (χ0) is 14.5. The van der Waals surface area contributed by atoms with Crippen LogP contribution in [0.15, 0.2) is 30.3 Å². The highest BCUT2D eigenvalue weighted by Crippen LogP contribution is 2.35. The molecular formula is C18H26N2O. The number of amides is 1. The number of rotatable bonds is 4. The van der Waals surface area contributed by atoms with Gasteiger partial charge in [-0.1, -0.05) is 30.3 Å². The van der Waals surface area contributed by atoms with Gasteiger partial charge in [0, 0.05) is 18.5 Å². The monoisotopic (exact) mass is 286 g/mol. The summed E-state index contributed by atoms with van der Waals surface area (Å²) in [5, 5.41) is 6.58. The van der Waals surface area contributed by atoms with Crippen LogP contribution in [0.5, 0.6) is 0 Å². The van der Waals surface area contributed by atoms with E-state index in [1.807, 2.05) is 0 Å². The van der Waals surface area contributed by atoms with Crippen molar-refractivity contribution in [3.63, 3.8) is 0 Å². The fourth-order valence-electron chi connectivity index (χ4n) is 3.71. The molecule has 1 unspecified atom stereocenters. The summed E-state index contributed by atoms with van der Waals surface area (Å²) in [7, 11) is 0. The maximum absolute atomic E-state index is 12.3. The first-order chi connectivity index (χ1) is 10.3. The summed E-state index contributed by atoms with van der Waals surface area (Å²) in [6, 6.07) is 11.2. The van der Waals surface area contributed by atoms with E-state index in [-0.39, 0.29) is 11.8 Å². The zero-order valence-electron chi connectivity index (χ0n) is 12.7. The molecule has 21 heavy (non-hydrogen) atoms. The molecule has 0 aromatic heterocycles. The quantitative estimate of drug-likeness (QED) is 0.893. The number of hydrogen-bond acceptors (Lipinski definition) is 2. The van der Waals surface area contributed by atoms with Crippen molar-refractivity contribution in [2.45, 2.75) is 50.5 Å². The van der Waals surface area contributed by atoms with E-state index in [1.165, 1.54) is 18.4 Å². The molecular weight excluding hydrogens is 260 g/mol. The molecule has 1 saturated carbocycles. The minimum absolute atomic E-state index is 0.228. The Morgan fingerprint density at radius 1 is 1.10 bits per heavy atom. The Bertz CT molecular complexity index is 446. The molecule has 1 heterocycles. The predicted molar refractivity (Wildman–Crippen MR) is 85.2 cm³/mol. The van der Waals surface area contributed by atoms with Crippen molar-refractivity contribution in [1.29, 1.82) is 0 Å². The smallest absolute Gasteiger partial charge is 0.223 e. The molecule has 1 atom stereocenters. The van der Waals surface area contributed by atoms with E-state index in [9.17, 15) is 4.79 Å². The summed E-state index contributed by atoms with van der Waals surface area (Å²) in [6.45, 7) is 1.90. The number of hydrogen-bond donors (Lipinski definition) is 2. The Kier molecular flexibility index (Phi) is 4.91. The topological polar surface area (TPSA) is 41.1 Å². The second-order valence-corrected chi connectivity index (χ2v) is 6.50. The van der Waals surface area contributed by atoms with Gasteiger partial charge in [-0.3, -0.25) is 4.79 Å². The molecule has 1 amide bonds. The van der Waals surface area contributed by atoms with E-state index >= 15 is 0 Å². The number of carbonyl (C=O) groups is 1. The van der Waals surface area contributed by atoms with Crippen LogP contribution in [-0.4, -0.2) is 25.0 Å². The molecule has 2 N–H and O–H groups in total. The van der Waals surface area contributed by atoms with E-state index in [0.717, 1.165) is 38.8 Å². The van der Waals surface area contributed by atoms with Crippen LogP contribution in [0, 0.1) is 5.92 Å². The molecule has 1 aromatic rings. The van der Waals surface area contributed by atoms with Gasteiger partial charge in [0.1, 0.15) is 0 Å². The summed E-state index contributed by atoms with van der Waals surface area (Å²) in [6.07, 6.45) is 6.78.